The minimum absolute atomic E-state index is 0.0479. The van der Waals surface area contributed by atoms with Gasteiger partial charge in [0.2, 0.25) is 0 Å². The Bertz CT molecular complexity index is 531. The summed E-state index contributed by atoms with van der Waals surface area (Å²) in [5.41, 5.74) is 0.553. The number of carbonyl (C=O) groups is 1. The summed E-state index contributed by atoms with van der Waals surface area (Å²) in [5, 5.41) is 0. The fourth-order valence-corrected chi connectivity index (χ4v) is 3.23. The lowest BCUT2D eigenvalue weighted by atomic mass is 9.72. The largest absolute Gasteiger partial charge is 0.496 e. The molecular formula is C19H28O5. The summed E-state index contributed by atoms with van der Waals surface area (Å²) in [4.78, 5) is 22.8. The second kappa shape index (κ2) is 7.88. The highest BCUT2D eigenvalue weighted by molar-refractivity contribution is 5.95. The van der Waals surface area contributed by atoms with Gasteiger partial charge in [-0.3, -0.25) is 4.89 Å². The molecule has 2 rings (SSSR count). The van der Waals surface area contributed by atoms with Gasteiger partial charge < -0.3 is 9.47 Å². The average molecular weight is 336 g/mol. The molecule has 1 fully saturated rings. The maximum atomic E-state index is 12.4. The van der Waals surface area contributed by atoms with E-state index in [1.165, 1.54) is 14.2 Å². The Morgan fingerprint density at radius 3 is 2.00 bits per heavy atom. The lowest BCUT2D eigenvalue weighted by Gasteiger charge is -2.36. The number of carbonyl (C=O) groups excluding carboxylic acids is 1. The number of ether oxygens (including phenoxy) is 2. The summed E-state index contributed by atoms with van der Waals surface area (Å²) in [6.07, 6.45) is 3.93. The van der Waals surface area contributed by atoms with Crippen LogP contribution < -0.4 is 9.47 Å². The minimum atomic E-state index is -0.595. The van der Waals surface area contributed by atoms with Crippen molar-refractivity contribution in [3.63, 3.8) is 0 Å². The van der Waals surface area contributed by atoms with E-state index < -0.39 is 5.97 Å². The number of hydrogen-bond acceptors (Lipinski definition) is 5. The molecule has 1 aromatic rings. The van der Waals surface area contributed by atoms with Crippen LogP contribution in [-0.2, 0) is 9.78 Å². The first-order chi connectivity index (χ1) is 11.4. The van der Waals surface area contributed by atoms with E-state index in [2.05, 4.69) is 20.8 Å². The quantitative estimate of drug-likeness (QED) is 0.589. The highest BCUT2D eigenvalue weighted by atomic mass is 17.2. The summed E-state index contributed by atoms with van der Waals surface area (Å²) < 4.78 is 10.4. The van der Waals surface area contributed by atoms with E-state index in [4.69, 9.17) is 19.2 Å². The Balaban J connectivity index is 1.93. The Morgan fingerprint density at radius 2 is 1.54 bits per heavy atom. The smallest absolute Gasteiger partial charge is 0.380 e. The van der Waals surface area contributed by atoms with Crippen LogP contribution in [0.5, 0.6) is 11.5 Å². The van der Waals surface area contributed by atoms with Crippen molar-refractivity contribution < 1.29 is 24.0 Å². The summed E-state index contributed by atoms with van der Waals surface area (Å²) in [7, 11) is 3.00. The highest BCUT2D eigenvalue weighted by Gasteiger charge is 2.31. The number of rotatable bonds is 5. The summed E-state index contributed by atoms with van der Waals surface area (Å²) >= 11 is 0. The molecule has 0 saturated heterocycles. The van der Waals surface area contributed by atoms with E-state index in [0.717, 1.165) is 25.7 Å². The van der Waals surface area contributed by atoms with Gasteiger partial charge in [-0.05, 0) is 49.1 Å². The summed E-state index contributed by atoms with van der Waals surface area (Å²) in [6, 6.07) is 5.13. The third kappa shape index (κ3) is 4.41. The number of methoxy groups -OCH3 is 2. The van der Waals surface area contributed by atoms with Crippen molar-refractivity contribution in [3.8, 4) is 11.5 Å². The molecule has 0 radical (unpaired) electrons. The van der Waals surface area contributed by atoms with Crippen LogP contribution >= 0.6 is 0 Å². The lowest BCUT2D eigenvalue weighted by Crippen LogP contribution is -2.29. The summed E-state index contributed by atoms with van der Waals surface area (Å²) in [6.45, 7) is 6.81. The second-order valence-corrected chi connectivity index (χ2v) is 7.34. The zero-order valence-electron chi connectivity index (χ0n) is 15.3. The van der Waals surface area contributed by atoms with E-state index in [1.807, 2.05) is 0 Å². The average Bonchev–Trinajstić information content (AvgIpc) is 2.58. The Morgan fingerprint density at radius 1 is 1.00 bits per heavy atom. The first-order valence-corrected chi connectivity index (χ1v) is 8.45. The third-order valence-corrected chi connectivity index (χ3v) is 4.79. The maximum Gasteiger partial charge on any atom is 0.380 e. The van der Waals surface area contributed by atoms with Crippen LogP contribution in [0.4, 0.5) is 0 Å². The van der Waals surface area contributed by atoms with Gasteiger partial charge in [-0.15, -0.1) is 0 Å². The molecule has 0 heterocycles. The number of hydrogen-bond donors (Lipinski definition) is 0. The van der Waals surface area contributed by atoms with Gasteiger partial charge in [-0.1, -0.05) is 26.8 Å². The Hall–Kier alpha value is -1.75. The van der Waals surface area contributed by atoms with Gasteiger partial charge in [0.05, 0.1) is 14.2 Å². The van der Waals surface area contributed by atoms with E-state index in [0.29, 0.717) is 22.8 Å². The molecule has 0 aromatic heterocycles. The standard InChI is InChI=1S/C19H28O5/c1-19(2,3)13-9-11-14(12-10-13)23-24-18(20)17-15(21-4)7-6-8-16(17)22-5/h6-8,13-14H,9-12H2,1-5H3. The van der Waals surface area contributed by atoms with Crippen LogP contribution in [0.1, 0.15) is 56.8 Å². The van der Waals surface area contributed by atoms with Crippen molar-refractivity contribution in [2.75, 3.05) is 14.2 Å². The topological polar surface area (TPSA) is 54.0 Å². The van der Waals surface area contributed by atoms with E-state index in [1.54, 1.807) is 18.2 Å². The zero-order chi connectivity index (χ0) is 17.7. The fraction of sp³-hybridized carbons (Fsp3) is 0.632. The Kier molecular flexibility index (Phi) is 6.10. The first kappa shape index (κ1) is 18.6. The van der Waals surface area contributed by atoms with Crippen LogP contribution in [0.2, 0.25) is 0 Å². The predicted molar refractivity (Wildman–Crippen MR) is 91.2 cm³/mol. The van der Waals surface area contributed by atoms with Gasteiger partial charge in [0, 0.05) is 0 Å². The minimum Gasteiger partial charge on any atom is -0.496 e. The van der Waals surface area contributed by atoms with Crippen molar-refractivity contribution in [2.24, 2.45) is 11.3 Å². The van der Waals surface area contributed by atoms with Gasteiger partial charge >= 0.3 is 5.97 Å². The van der Waals surface area contributed by atoms with Crippen molar-refractivity contribution in [2.45, 2.75) is 52.6 Å². The highest BCUT2D eigenvalue weighted by Crippen LogP contribution is 2.38. The molecule has 0 bridgehead atoms. The van der Waals surface area contributed by atoms with E-state index >= 15 is 0 Å². The van der Waals surface area contributed by atoms with Crippen molar-refractivity contribution in [1.29, 1.82) is 0 Å². The normalized spacial score (nSPS) is 21.2. The van der Waals surface area contributed by atoms with Gasteiger partial charge in [-0.2, -0.15) is 4.89 Å². The lowest BCUT2D eigenvalue weighted by molar-refractivity contribution is -0.281. The zero-order valence-corrected chi connectivity index (χ0v) is 15.3. The van der Waals surface area contributed by atoms with Gasteiger partial charge in [0.15, 0.2) is 0 Å². The molecule has 0 amide bonds. The first-order valence-electron chi connectivity index (χ1n) is 8.45. The van der Waals surface area contributed by atoms with E-state index in [9.17, 15) is 4.79 Å². The second-order valence-electron chi connectivity index (χ2n) is 7.34. The molecule has 0 atom stereocenters. The molecule has 0 aliphatic heterocycles. The molecule has 0 unspecified atom stereocenters. The predicted octanol–water partition coefficient (Wildman–Crippen LogP) is 4.40. The van der Waals surface area contributed by atoms with Crippen molar-refractivity contribution in [1.82, 2.24) is 0 Å². The molecule has 1 aromatic carbocycles. The maximum absolute atomic E-state index is 12.4. The van der Waals surface area contributed by atoms with Crippen LogP contribution in [0.3, 0.4) is 0 Å². The number of benzene rings is 1. The fourth-order valence-electron chi connectivity index (χ4n) is 3.23. The van der Waals surface area contributed by atoms with Crippen molar-refractivity contribution in [3.05, 3.63) is 23.8 Å². The molecule has 1 saturated carbocycles. The molecular weight excluding hydrogens is 308 g/mol. The molecule has 0 N–H and O–H groups in total. The molecule has 134 valence electrons. The monoisotopic (exact) mass is 336 g/mol. The third-order valence-electron chi connectivity index (χ3n) is 4.79. The van der Waals surface area contributed by atoms with Crippen LogP contribution in [-0.4, -0.2) is 26.3 Å². The summed E-state index contributed by atoms with van der Waals surface area (Å²) in [5.74, 6) is 0.892. The van der Waals surface area contributed by atoms with Crippen molar-refractivity contribution >= 4 is 5.97 Å². The Labute approximate surface area is 144 Å². The molecule has 1 aliphatic carbocycles. The molecule has 24 heavy (non-hydrogen) atoms. The van der Waals surface area contributed by atoms with E-state index in [-0.39, 0.29) is 11.7 Å². The van der Waals surface area contributed by atoms with Gasteiger partial charge in [0.1, 0.15) is 23.2 Å². The SMILES string of the molecule is COc1cccc(OC)c1C(=O)OOC1CCC(C(C)(C)C)CC1. The molecule has 5 nitrogen and oxygen atoms in total. The van der Waals surface area contributed by atoms with Crippen LogP contribution in [0.25, 0.3) is 0 Å². The van der Waals surface area contributed by atoms with Gasteiger partial charge in [0.25, 0.3) is 0 Å². The molecule has 0 spiro atoms. The molecule has 5 heteroatoms. The van der Waals surface area contributed by atoms with Crippen LogP contribution in [0, 0.1) is 11.3 Å². The van der Waals surface area contributed by atoms with Crippen LogP contribution in [0.15, 0.2) is 18.2 Å². The van der Waals surface area contributed by atoms with Gasteiger partial charge in [-0.25, -0.2) is 4.79 Å². The molecule has 1 aliphatic rings.